The highest BCUT2D eigenvalue weighted by atomic mass is 35.5. The quantitative estimate of drug-likeness (QED) is 0.799. The first-order valence-corrected chi connectivity index (χ1v) is 5.79. The van der Waals surface area contributed by atoms with Crippen LogP contribution in [0, 0.1) is 0 Å². The van der Waals surface area contributed by atoms with E-state index < -0.39 is 0 Å². The average molecular weight is 242 g/mol. The second-order valence-corrected chi connectivity index (χ2v) is 4.51. The predicted octanol–water partition coefficient (Wildman–Crippen LogP) is 1.79. The first-order chi connectivity index (χ1) is 7.65. The molecule has 0 aliphatic heterocycles. The lowest BCUT2D eigenvalue weighted by Gasteiger charge is -2.15. The van der Waals surface area contributed by atoms with Crippen molar-refractivity contribution >= 4 is 17.3 Å². The molecule has 1 aliphatic carbocycles. The van der Waals surface area contributed by atoms with E-state index >= 15 is 0 Å². The van der Waals surface area contributed by atoms with Crippen LogP contribution in [0.1, 0.15) is 12.8 Å². The zero-order valence-corrected chi connectivity index (χ0v) is 10.1. The molecular weight excluding hydrogens is 226 g/mol. The Bertz CT molecular complexity index is 348. The lowest BCUT2D eigenvalue weighted by Crippen LogP contribution is -2.26. The average Bonchev–Trinajstić information content (AvgIpc) is 2.98. The van der Waals surface area contributed by atoms with Crippen molar-refractivity contribution in [2.45, 2.75) is 18.9 Å². The number of ether oxygens (including phenoxy) is 1. The Labute approximate surface area is 100 Å². The summed E-state index contributed by atoms with van der Waals surface area (Å²) in [6, 6.07) is 4.04. The minimum atomic E-state index is 0.366. The zero-order valence-electron chi connectivity index (χ0n) is 9.32. The van der Waals surface area contributed by atoms with Gasteiger partial charge in [-0.1, -0.05) is 11.6 Å². The van der Waals surface area contributed by atoms with Crippen LogP contribution < -0.4 is 10.5 Å². The van der Waals surface area contributed by atoms with Gasteiger partial charge < -0.3 is 15.4 Å². The molecule has 0 atom stereocenters. The Morgan fingerprint density at radius 1 is 1.56 bits per heavy atom. The van der Waals surface area contributed by atoms with E-state index in [0.29, 0.717) is 23.3 Å². The van der Waals surface area contributed by atoms with Crippen LogP contribution in [0.5, 0.6) is 5.88 Å². The smallest absolute Gasteiger partial charge is 0.216 e. The van der Waals surface area contributed by atoms with Crippen LogP contribution in [0.25, 0.3) is 0 Å². The van der Waals surface area contributed by atoms with E-state index in [-0.39, 0.29) is 0 Å². The lowest BCUT2D eigenvalue weighted by atomic mass is 10.4. The van der Waals surface area contributed by atoms with Crippen LogP contribution in [0.15, 0.2) is 12.1 Å². The predicted molar refractivity (Wildman–Crippen MR) is 64.8 cm³/mol. The minimum absolute atomic E-state index is 0.366. The van der Waals surface area contributed by atoms with Crippen LogP contribution in [0.2, 0.25) is 5.15 Å². The van der Waals surface area contributed by atoms with Crippen molar-refractivity contribution in [2.75, 3.05) is 25.9 Å². The second kappa shape index (κ2) is 4.89. The van der Waals surface area contributed by atoms with Gasteiger partial charge in [0, 0.05) is 24.3 Å². The normalized spacial score (nSPS) is 15.4. The Balaban J connectivity index is 1.79. The summed E-state index contributed by atoms with van der Waals surface area (Å²) in [6.07, 6.45) is 2.61. The van der Waals surface area contributed by atoms with Crippen molar-refractivity contribution in [1.82, 2.24) is 9.88 Å². The first-order valence-electron chi connectivity index (χ1n) is 5.41. The Hall–Kier alpha value is -1.00. The topological polar surface area (TPSA) is 51.4 Å². The van der Waals surface area contributed by atoms with Crippen LogP contribution in [0.3, 0.4) is 0 Å². The molecule has 4 nitrogen and oxygen atoms in total. The Morgan fingerprint density at radius 3 is 2.94 bits per heavy atom. The fraction of sp³-hybridized carbons (Fsp3) is 0.545. The molecule has 1 fully saturated rings. The number of pyridine rings is 1. The summed E-state index contributed by atoms with van der Waals surface area (Å²) in [4.78, 5) is 6.34. The van der Waals surface area contributed by atoms with Crippen molar-refractivity contribution in [3.63, 3.8) is 0 Å². The summed E-state index contributed by atoms with van der Waals surface area (Å²) in [5.74, 6) is 0.495. The van der Waals surface area contributed by atoms with E-state index in [2.05, 4.69) is 16.9 Å². The lowest BCUT2D eigenvalue weighted by molar-refractivity contribution is 0.226. The molecule has 0 bridgehead atoms. The van der Waals surface area contributed by atoms with Crippen molar-refractivity contribution < 1.29 is 4.74 Å². The van der Waals surface area contributed by atoms with Crippen LogP contribution in [0.4, 0.5) is 5.69 Å². The van der Waals surface area contributed by atoms with E-state index in [0.717, 1.165) is 12.6 Å². The van der Waals surface area contributed by atoms with E-state index in [1.165, 1.54) is 12.8 Å². The molecule has 0 unspecified atom stereocenters. The fourth-order valence-corrected chi connectivity index (χ4v) is 1.77. The summed E-state index contributed by atoms with van der Waals surface area (Å²) in [6.45, 7) is 1.51. The number of halogens is 1. The third kappa shape index (κ3) is 3.25. The van der Waals surface area contributed by atoms with Crippen molar-refractivity contribution in [1.29, 1.82) is 0 Å². The van der Waals surface area contributed by atoms with Gasteiger partial charge in [0.25, 0.3) is 0 Å². The number of anilines is 1. The van der Waals surface area contributed by atoms with Gasteiger partial charge in [0.2, 0.25) is 5.88 Å². The number of hydrogen-bond donors (Lipinski definition) is 1. The van der Waals surface area contributed by atoms with Gasteiger partial charge in [0.15, 0.2) is 0 Å². The van der Waals surface area contributed by atoms with Crippen molar-refractivity contribution in [3.05, 3.63) is 17.3 Å². The first kappa shape index (κ1) is 11.5. The van der Waals surface area contributed by atoms with Gasteiger partial charge in [-0.3, -0.25) is 0 Å². The maximum absolute atomic E-state index is 5.77. The standard InChI is InChI=1S/C11H16ClN3O/c1-15(9-2-3-9)4-5-16-11-7-8(13)6-10(12)14-11/h6-7,9H,2-5H2,1H3,(H2,13,14). The van der Waals surface area contributed by atoms with Crippen molar-refractivity contribution in [2.24, 2.45) is 0 Å². The van der Waals surface area contributed by atoms with Crippen molar-refractivity contribution in [3.8, 4) is 5.88 Å². The number of aromatic nitrogens is 1. The fourth-order valence-electron chi connectivity index (χ4n) is 1.56. The number of nitrogens with zero attached hydrogens (tertiary/aromatic N) is 2. The minimum Gasteiger partial charge on any atom is -0.476 e. The number of nitrogen functional groups attached to an aromatic ring is 1. The molecule has 88 valence electrons. The van der Waals surface area contributed by atoms with E-state index in [1.54, 1.807) is 12.1 Å². The summed E-state index contributed by atoms with van der Waals surface area (Å²) in [5, 5.41) is 0.366. The highest BCUT2D eigenvalue weighted by Crippen LogP contribution is 2.25. The van der Waals surface area contributed by atoms with E-state index in [1.807, 2.05) is 0 Å². The molecule has 1 saturated carbocycles. The molecule has 2 N–H and O–H groups in total. The molecule has 1 heterocycles. The molecule has 0 saturated heterocycles. The molecule has 1 aliphatic rings. The number of rotatable bonds is 5. The molecule has 0 aromatic carbocycles. The SMILES string of the molecule is CN(CCOc1cc(N)cc(Cl)n1)C1CC1. The monoisotopic (exact) mass is 241 g/mol. The molecule has 5 heteroatoms. The maximum atomic E-state index is 5.77. The number of likely N-dealkylation sites (N-methyl/N-ethyl adjacent to an activating group) is 1. The molecule has 0 spiro atoms. The van der Waals surface area contributed by atoms with Gasteiger partial charge in [-0.25, -0.2) is 4.98 Å². The van der Waals surface area contributed by atoms with Gasteiger partial charge in [-0.05, 0) is 26.0 Å². The molecular formula is C11H16ClN3O. The largest absolute Gasteiger partial charge is 0.476 e. The molecule has 2 rings (SSSR count). The van der Waals surface area contributed by atoms with Gasteiger partial charge in [0.05, 0.1) is 0 Å². The highest BCUT2D eigenvalue weighted by Gasteiger charge is 2.25. The van der Waals surface area contributed by atoms with Crippen LogP contribution in [-0.2, 0) is 0 Å². The van der Waals surface area contributed by atoms with Gasteiger partial charge in [0.1, 0.15) is 11.8 Å². The summed E-state index contributed by atoms with van der Waals surface area (Å²) in [7, 11) is 2.11. The third-order valence-corrected chi connectivity index (χ3v) is 2.85. The maximum Gasteiger partial charge on any atom is 0.216 e. The third-order valence-electron chi connectivity index (χ3n) is 2.66. The van der Waals surface area contributed by atoms with Gasteiger partial charge in [-0.15, -0.1) is 0 Å². The molecule has 1 aromatic heterocycles. The summed E-state index contributed by atoms with van der Waals surface area (Å²) < 4.78 is 5.50. The zero-order chi connectivity index (χ0) is 11.5. The van der Waals surface area contributed by atoms with E-state index in [4.69, 9.17) is 22.1 Å². The van der Waals surface area contributed by atoms with Crippen LogP contribution >= 0.6 is 11.6 Å². The van der Waals surface area contributed by atoms with Gasteiger partial charge >= 0.3 is 0 Å². The second-order valence-electron chi connectivity index (χ2n) is 4.12. The summed E-state index contributed by atoms with van der Waals surface area (Å²) >= 11 is 5.77. The molecule has 0 radical (unpaired) electrons. The van der Waals surface area contributed by atoms with Crippen LogP contribution in [-0.4, -0.2) is 36.1 Å². The Kier molecular flexibility index (Phi) is 3.51. The number of nitrogens with two attached hydrogens (primary N) is 1. The molecule has 0 amide bonds. The van der Waals surface area contributed by atoms with E-state index in [9.17, 15) is 0 Å². The Morgan fingerprint density at radius 2 is 2.31 bits per heavy atom. The van der Waals surface area contributed by atoms with Gasteiger partial charge in [-0.2, -0.15) is 0 Å². The molecule has 16 heavy (non-hydrogen) atoms. The summed E-state index contributed by atoms with van der Waals surface area (Å²) in [5.41, 5.74) is 6.21. The molecule has 1 aromatic rings. The highest BCUT2D eigenvalue weighted by molar-refractivity contribution is 6.29. The number of hydrogen-bond acceptors (Lipinski definition) is 4.